The molecule has 0 saturated carbocycles. The average Bonchev–Trinajstić information content (AvgIpc) is 3.13. The van der Waals surface area contributed by atoms with Crippen LogP contribution in [-0.2, 0) is 0 Å². The number of aromatic nitrogens is 4. The highest BCUT2D eigenvalue weighted by atomic mass is 16.2. The SMILES string of the molecule is Cc1ccc(-n2nc(C)c(NC(=O)c3nn(-c4ccccc4)c(=O)c4ccccc34)c2C)cc1. The summed E-state index contributed by atoms with van der Waals surface area (Å²) in [5.41, 5.74) is 4.65. The van der Waals surface area contributed by atoms with Crippen molar-refractivity contribution in [2.45, 2.75) is 20.8 Å². The van der Waals surface area contributed by atoms with Crippen LogP contribution >= 0.6 is 0 Å². The fourth-order valence-corrected chi connectivity index (χ4v) is 4.04. The van der Waals surface area contributed by atoms with Gasteiger partial charge in [0.05, 0.1) is 33.8 Å². The molecule has 7 heteroatoms. The third-order valence-corrected chi connectivity index (χ3v) is 5.83. The Kier molecular flexibility index (Phi) is 5.30. The number of hydrogen-bond acceptors (Lipinski definition) is 4. The lowest BCUT2D eigenvalue weighted by atomic mass is 10.1. The van der Waals surface area contributed by atoms with Gasteiger partial charge in [-0.2, -0.15) is 14.9 Å². The molecule has 0 atom stereocenters. The maximum Gasteiger partial charge on any atom is 0.279 e. The molecule has 34 heavy (non-hydrogen) atoms. The standard InChI is InChI=1S/C27H23N5O2/c1-17-13-15-21(16-14-17)31-19(3)24(18(2)29-31)28-26(33)25-22-11-7-8-12-23(22)27(34)32(30-25)20-9-5-4-6-10-20/h4-16H,1-3H3,(H,28,33). The monoisotopic (exact) mass is 449 g/mol. The first-order valence-corrected chi connectivity index (χ1v) is 11.0. The van der Waals surface area contributed by atoms with Crippen molar-refractivity contribution < 1.29 is 4.79 Å². The Bertz CT molecular complexity index is 1580. The molecule has 7 nitrogen and oxygen atoms in total. The number of benzene rings is 3. The Morgan fingerprint density at radius 1 is 0.735 bits per heavy atom. The Hall–Kier alpha value is -4.52. The number of carbonyl (C=O) groups is 1. The molecule has 0 radical (unpaired) electrons. The lowest BCUT2D eigenvalue weighted by Gasteiger charge is -2.12. The quantitative estimate of drug-likeness (QED) is 0.429. The average molecular weight is 450 g/mol. The van der Waals surface area contributed by atoms with Crippen LogP contribution in [0.5, 0.6) is 0 Å². The molecule has 5 rings (SSSR count). The largest absolute Gasteiger partial charge is 0.317 e. The fraction of sp³-hybridized carbons (Fsp3) is 0.111. The van der Waals surface area contributed by atoms with Crippen LogP contribution in [0.3, 0.4) is 0 Å². The van der Waals surface area contributed by atoms with E-state index in [1.54, 1.807) is 41.1 Å². The number of anilines is 1. The molecule has 5 aromatic rings. The Balaban J connectivity index is 1.59. The number of amides is 1. The van der Waals surface area contributed by atoms with Gasteiger partial charge in [0.15, 0.2) is 5.69 Å². The van der Waals surface area contributed by atoms with E-state index >= 15 is 0 Å². The van der Waals surface area contributed by atoms with Gasteiger partial charge in [0, 0.05) is 5.39 Å². The van der Waals surface area contributed by atoms with Crippen LogP contribution in [0.2, 0.25) is 0 Å². The van der Waals surface area contributed by atoms with Crippen molar-refractivity contribution in [2.24, 2.45) is 0 Å². The van der Waals surface area contributed by atoms with Crippen molar-refractivity contribution in [3.63, 3.8) is 0 Å². The van der Waals surface area contributed by atoms with Gasteiger partial charge in [-0.1, -0.05) is 54.1 Å². The summed E-state index contributed by atoms with van der Waals surface area (Å²) in [7, 11) is 0. The zero-order chi connectivity index (χ0) is 23.8. The molecule has 0 aliphatic heterocycles. The van der Waals surface area contributed by atoms with Gasteiger partial charge in [-0.05, 0) is 51.1 Å². The fourth-order valence-electron chi connectivity index (χ4n) is 4.04. The summed E-state index contributed by atoms with van der Waals surface area (Å²) in [4.78, 5) is 26.6. The van der Waals surface area contributed by atoms with Crippen molar-refractivity contribution in [1.29, 1.82) is 0 Å². The molecule has 2 aromatic heterocycles. The number of fused-ring (bicyclic) bond motifs is 1. The second-order valence-electron chi connectivity index (χ2n) is 8.19. The number of nitrogens with one attached hydrogen (secondary N) is 1. The summed E-state index contributed by atoms with van der Waals surface area (Å²) < 4.78 is 3.08. The minimum absolute atomic E-state index is 0.168. The summed E-state index contributed by atoms with van der Waals surface area (Å²) in [6.45, 7) is 5.79. The van der Waals surface area contributed by atoms with Gasteiger partial charge < -0.3 is 5.32 Å². The van der Waals surface area contributed by atoms with Crippen LogP contribution in [0.25, 0.3) is 22.1 Å². The molecule has 0 aliphatic carbocycles. The van der Waals surface area contributed by atoms with Gasteiger partial charge in [0.1, 0.15) is 0 Å². The zero-order valence-corrected chi connectivity index (χ0v) is 19.1. The molecular weight excluding hydrogens is 426 g/mol. The molecule has 1 amide bonds. The van der Waals surface area contributed by atoms with Crippen molar-refractivity contribution in [3.05, 3.63) is 112 Å². The predicted octanol–water partition coefficient (Wildman–Crippen LogP) is 4.75. The first-order valence-electron chi connectivity index (χ1n) is 11.0. The van der Waals surface area contributed by atoms with Gasteiger partial charge >= 0.3 is 0 Å². The van der Waals surface area contributed by atoms with Crippen LogP contribution < -0.4 is 10.9 Å². The third kappa shape index (κ3) is 3.67. The minimum atomic E-state index is -0.407. The molecule has 168 valence electrons. The van der Waals surface area contributed by atoms with E-state index in [9.17, 15) is 9.59 Å². The molecule has 0 fully saturated rings. The zero-order valence-electron chi connectivity index (χ0n) is 19.1. The van der Waals surface area contributed by atoms with Gasteiger partial charge in [-0.15, -0.1) is 0 Å². The molecule has 0 saturated heterocycles. The number of nitrogens with zero attached hydrogens (tertiary/aromatic N) is 4. The van der Waals surface area contributed by atoms with E-state index in [0.29, 0.717) is 27.8 Å². The van der Waals surface area contributed by atoms with Crippen LogP contribution in [0.15, 0.2) is 83.7 Å². The summed E-state index contributed by atoms with van der Waals surface area (Å²) in [6.07, 6.45) is 0. The summed E-state index contributed by atoms with van der Waals surface area (Å²) in [5.74, 6) is -0.407. The molecule has 1 N–H and O–H groups in total. The predicted molar refractivity (Wildman–Crippen MR) is 133 cm³/mol. The van der Waals surface area contributed by atoms with Gasteiger partial charge in [0.2, 0.25) is 0 Å². The molecule has 0 unspecified atom stereocenters. The molecule has 0 bridgehead atoms. The minimum Gasteiger partial charge on any atom is -0.317 e. The Morgan fingerprint density at radius 2 is 1.35 bits per heavy atom. The number of carbonyl (C=O) groups excluding carboxylic acids is 1. The molecular formula is C27H23N5O2. The van der Waals surface area contributed by atoms with Crippen molar-refractivity contribution in [3.8, 4) is 11.4 Å². The van der Waals surface area contributed by atoms with E-state index in [4.69, 9.17) is 0 Å². The number of aryl methyl sites for hydroxylation is 2. The normalized spacial score (nSPS) is 11.0. The highest BCUT2D eigenvalue weighted by Crippen LogP contribution is 2.24. The second kappa shape index (κ2) is 8.44. The van der Waals surface area contributed by atoms with E-state index in [-0.39, 0.29) is 11.3 Å². The summed E-state index contributed by atoms with van der Waals surface area (Å²) >= 11 is 0. The topological polar surface area (TPSA) is 81.8 Å². The van der Waals surface area contributed by atoms with Crippen molar-refractivity contribution in [1.82, 2.24) is 19.6 Å². The summed E-state index contributed by atoms with van der Waals surface area (Å²) in [6, 6.07) is 24.1. The second-order valence-corrected chi connectivity index (χ2v) is 8.19. The van der Waals surface area contributed by atoms with E-state index in [2.05, 4.69) is 15.5 Å². The number of para-hydroxylation sites is 1. The number of rotatable bonds is 4. The first kappa shape index (κ1) is 21.3. The highest BCUT2D eigenvalue weighted by molar-refractivity contribution is 6.11. The van der Waals surface area contributed by atoms with Crippen LogP contribution in [0, 0.1) is 20.8 Å². The molecule has 3 aromatic carbocycles. The molecule has 0 aliphatic rings. The number of hydrogen-bond donors (Lipinski definition) is 1. The van der Waals surface area contributed by atoms with Gasteiger partial charge in [0.25, 0.3) is 11.5 Å². The van der Waals surface area contributed by atoms with Gasteiger partial charge in [-0.25, -0.2) is 4.68 Å². The smallest absolute Gasteiger partial charge is 0.279 e. The summed E-state index contributed by atoms with van der Waals surface area (Å²) in [5, 5.41) is 13.0. The van der Waals surface area contributed by atoms with Gasteiger partial charge in [-0.3, -0.25) is 9.59 Å². The highest BCUT2D eigenvalue weighted by Gasteiger charge is 2.21. The van der Waals surface area contributed by atoms with E-state index < -0.39 is 5.91 Å². The van der Waals surface area contributed by atoms with E-state index in [0.717, 1.165) is 16.9 Å². The molecule has 2 heterocycles. The lowest BCUT2D eigenvalue weighted by Crippen LogP contribution is -2.26. The van der Waals surface area contributed by atoms with Crippen LogP contribution in [0.1, 0.15) is 27.4 Å². The first-order chi connectivity index (χ1) is 16.4. The van der Waals surface area contributed by atoms with Crippen LogP contribution in [0.4, 0.5) is 5.69 Å². The van der Waals surface area contributed by atoms with E-state index in [1.165, 1.54) is 4.68 Å². The third-order valence-electron chi connectivity index (χ3n) is 5.83. The van der Waals surface area contributed by atoms with Crippen molar-refractivity contribution in [2.75, 3.05) is 5.32 Å². The Labute approximate surface area is 196 Å². The van der Waals surface area contributed by atoms with Crippen LogP contribution in [-0.4, -0.2) is 25.5 Å². The van der Waals surface area contributed by atoms with E-state index in [1.807, 2.05) is 63.2 Å². The maximum absolute atomic E-state index is 13.5. The van der Waals surface area contributed by atoms with Crippen molar-refractivity contribution >= 4 is 22.4 Å². The molecule has 0 spiro atoms. The lowest BCUT2D eigenvalue weighted by molar-refractivity contribution is 0.102. The Morgan fingerprint density at radius 3 is 2.06 bits per heavy atom. The maximum atomic E-state index is 13.5.